The molecule has 0 bridgehead atoms. The number of amides is 3. The van der Waals surface area contributed by atoms with Crippen LogP contribution in [0, 0.1) is 5.41 Å². The normalized spacial score (nSPS) is 24.7. The zero-order valence-electron chi connectivity index (χ0n) is 8.59. The first-order valence-electron chi connectivity index (χ1n) is 5.31. The lowest BCUT2D eigenvalue weighted by molar-refractivity contribution is -0.125. The zero-order chi connectivity index (χ0) is 10.9. The molecule has 0 aromatic rings. The predicted molar refractivity (Wildman–Crippen MR) is 59.8 cm³/mol. The van der Waals surface area contributed by atoms with Crippen molar-refractivity contribution in [3.63, 3.8) is 0 Å². The lowest BCUT2D eigenvalue weighted by Gasteiger charge is -2.30. The van der Waals surface area contributed by atoms with Gasteiger partial charge in [0.1, 0.15) is 0 Å². The summed E-state index contributed by atoms with van der Waals surface area (Å²) in [4.78, 5) is 24.2. The van der Waals surface area contributed by atoms with Crippen LogP contribution in [0.4, 0.5) is 4.79 Å². The molecule has 0 unspecified atom stereocenters. The smallest absolute Gasteiger partial charge is 0.324 e. The third-order valence-electron chi connectivity index (χ3n) is 3.38. The van der Waals surface area contributed by atoms with Crippen molar-refractivity contribution in [1.82, 2.24) is 10.2 Å². The van der Waals surface area contributed by atoms with Crippen LogP contribution in [0.15, 0.2) is 0 Å². The first-order chi connectivity index (χ1) is 7.17. The van der Waals surface area contributed by atoms with E-state index in [0.29, 0.717) is 6.54 Å². The molecular formula is C10H15BrN2O2. The molecule has 84 valence electrons. The Hall–Kier alpha value is -0.580. The summed E-state index contributed by atoms with van der Waals surface area (Å²) in [6.45, 7) is 0.736. The maximum atomic E-state index is 11.5. The lowest BCUT2D eigenvalue weighted by Crippen LogP contribution is -2.41. The van der Waals surface area contributed by atoms with E-state index in [0.717, 1.165) is 18.2 Å². The van der Waals surface area contributed by atoms with Gasteiger partial charge in [-0.05, 0) is 18.3 Å². The van der Waals surface area contributed by atoms with Gasteiger partial charge in [0.05, 0.1) is 6.54 Å². The van der Waals surface area contributed by atoms with E-state index in [9.17, 15) is 9.59 Å². The second-order valence-corrected chi connectivity index (χ2v) is 5.04. The molecule has 0 atom stereocenters. The molecule has 4 nitrogen and oxygen atoms in total. The van der Waals surface area contributed by atoms with Crippen molar-refractivity contribution in [3.8, 4) is 0 Å². The summed E-state index contributed by atoms with van der Waals surface area (Å²) in [5, 5.41) is 3.43. The van der Waals surface area contributed by atoms with Crippen LogP contribution < -0.4 is 5.32 Å². The fourth-order valence-corrected chi connectivity index (χ4v) is 3.15. The fourth-order valence-electron chi connectivity index (χ4n) is 2.41. The first kappa shape index (κ1) is 10.9. The molecule has 1 aliphatic heterocycles. The average Bonchev–Trinajstić information content (AvgIpc) is 2.81. The third-order valence-corrected chi connectivity index (χ3v) is 4.57. The number of hydrogen-bond donors (Lipinski definition) is 1. The zero-order valence-corrected chi connectivity index (χ0v) is 10.2. The predicted octanol–water partition coefficient (Wildman–Crippen LogP) is 1.49. The summed E-state index contributed by atoms with van der Waals surface area (Å²) in [6.07, 6.45) is 4.62. The Balaban J connectivity index is 2.06. The summed E-state index contributed by atoms with van der Waals surface area (Å²) in [5.74, 6) is -0.0905. The van der Waals surface area contributed by atoms with E-state index in [-0.39, 0.29) is 23.9 Å². The average molecular weight is 275 g/mol. The van der Waals surface area contributed by atoms with Gasteiger partial charge in [0.2, 0.25) is 5.91 Å². The maximum absolute atomic E-state index is 11.5. The second-order valence-electron chi connectivity index (χ2n) is 4.48. The van der Waals surface area contributed by atoms with E-state index in [4.69, 9.17) is 0 Å². The molecule has 1 saturated carbocycles. The SMILES string of the molecule is O=C1CNC(=O)N1CC1(CBr)CCCC1. The van der Waals surface area contributed by atoms with Gasteiger partial charge in [0, 0.05) is 11.9 Å². The van der Waals surface area contributed by atoms with Crippen molar-refractivity contribution >= 4 is 27.9 Å². The van der Waals surface area contributed by atoms with Crippen molar-refractivity contribution in [2.45, 2.75) is 25.7 Å². The van der Waals surface area contributed by atoms with Gasteiger partial charge in [-0.15, -0.1) is 0 Å². The van der Waals surface area contributed by atoms with E-state index < -0.39 is 0 Å². The standard InChI is InChI=1S/C10H15BrN2O2/c11-6-10(3-1-2-4-10)7-13-8(14)5-12-9(13)15/h1-7H2,(H,12,15). The number of nitrogens with zero attached hydrogens (tertiary/aromatic N) is 1. The van der Waals surface area contributed by atoms with Gasteiger partial charge in [-0.1, -0.05) is 28.8 Å². The van der Waals surface area contributed by atoms with Gasteiger partial charge in [-0.3, -0.25) is 9.69 Å². The summed E-state index contributed by atoms with van der Waals surface area (Å²) < 4.78 is 0. The fraction of sp³-hybridized carbons (Fsp3) is 0.800. The highest BCUT2D eigenvalue weighted by Crippen LogP contribution is 2.40. The van der Waals surface area contributed by atoms with Crippen LogP contribution in [0.5, 0.6) is 0 Å². The topological polar surface area (TPSA) is 49.4 Å². The van der Waals surface area contributed by atoms with Crippen LogP contribution in [-0.2, 0) is 4.79 Å². The highest BCUT2D eigenvalue weighted by molar-refractivity contribution is 9.09. The number of carbonyl (C=O) groups excluding carboxylic acids is 2. The van der Waals surface area contributed by atoms with Crippen LogP contribution in [-0.4, -0.2) is 35.3 Å². The molecule has 1 heterocycles. The van der Waals surface area contributed by atoms with Gasteiger partial charge in [0.15, 0.2) is 0 Å². The minimum Gasteiger partial charge on any atom is -0.329 e. The Morgan fingerprint density at radius 2 is 2.00 bits per heavy atom. The molecule has 2 aliphatic rings. The molecule has 5 heteroatoms. The lowest BCUT2D eigenvalue weighted by atomic mass is 9.88. The largest absolute Gasteiger partial charge is 0.329 e. The molecule has 15 heavy (non-hydrogen) atoms. The van der Waals surface area contributed by atoms with E-state index in [1.165, 1.54) is 17.7 Å². The molecule has 3 amide bonds. The summed E-state index contributed by atoms with van der Waals surface area (Å²) >= 11 is 3.51. The van der Waals surface area contributed by atoms with Crippen LogP contribution in [0.2, 0.25) is 0 Å². The quantitative estimate of drug-likeness (QED) is 0.626. The van der Waals surface area contributed by atoms with E-state index in [1.807, 2.05) is 0 Å². The molecule has 1 saturated heterocycles. The molecule has 1 N–H and O–H groups in total. The number of alkyl halides is 1. The van der Waals surface area contributed by atoms with Crippen molar-refractivity contribution in [1.29, 1.82) is 0 Å². The van der Waals surface area contributed by atoms with Crippen LogP contribution in [0.25, 0.3) is 0 Å². The van der Waals surface area contributed by atoms with Gasteiger partial charge >= 0.3 is 6.03 Å². The molecule has 2 fully saturated rings. The number of carbonyl (C=O) groups is 2. The molecule has 0 spiro atoms. The first-order valence-corrected chi connectivity index (χ1v) is 6.43. The van der Waals surface area contributed by atoms with Crippen molar-refractivity contribution in [2.24, 2.45) is 5.41 Å². The van der Waals surface area contributed by atoms with Crippen molar-refractivity contribution in [2.75, 3.05) is 18.4 Å². The summed E-state index contributed by atoms with van der Waals surface area (Å²) in [6, 6.07) is -0.229. The molecular weight excluding hydrogens is 260 g/mol. The van der Waals surface area contributed by atoms with Crippen LogP contribution in [0.3, 0.4) is 0 Å². The van der Waals surface area contributed by atoms with E-state index in [2.05, 4.69) is 21.2 Å². The Labute approximate surface area is 97.5 Å². The van der Waals surface area contributed by atoms with Gasteiger partial charge in [0.25, 0.3) is 0 Å². The summed E-state index contributed by atoms with van der Waals surface area (Å²) in [5.41, 5.74) is 0.122. The Bertz CT molecular complexity index is 271. The monoisotopic (exact) mass is 274 g/mol. The number of halogens is 1. The second kappa shape index (κ2) is 4.12. The van der Waals surface area contributed by atoms with Crippen molar-refractivity contribution in [3.05, 3.63) is 0 Å². The number of rotatable bonds is 3. The van der Waals surface area contributed by atoms with Gasteiger partial charge in [-0.25, -0.2) is 4.79 Å². The number of urea groups is 1. The van der Waals surface area contributed by atoms with E-state index >= 15 is 0 Å². The number of nitrogens with one attached hydrogen (secondary N) is 1. The van der Waals surface area contributed by atoms with Gasteiger partial charge in [-0.2, -0.15) is 0 Å². The molecule has 2 rings (SSSR count). The number of hydrogen-bond acceptors (Lipinski definition) is 2. The Morgan fingerprint density at radius 3 is 2.47 bits per heavy atom. The minimum absolute atomic E-state index is 0.0905. The van der Waals surface area contributed by atoms with Crippen molar-refractivity contribution < 1.29 is 9.59 Å². The minimum atomic E-state index is -0.229. The number of imide groups is 1. The Morgan fingerprint density at radius 1 is 1.33 bits per heavy atom. The molecule has 0 radical (unpaired) electrons. The highest BCUT2D eigenvalue weighted by atomic mass is 79.9. The highest BCUT2D eigenvalue weighted by Gasteiger charge is 2.39. The molecule has 0 aromatic heterocycles. The van der Waals surface area contributed by atoms with E-state index in [1.54, 1.807) is 0 Å². The van der Waals surface area contributed by atoms with Gasteiger partial charge < -0.3 is 5.32 Å². The third kappa shape index (κ3) is 2.02. The summed E-state index contributed by atoms with van der Waals surface area (Å²) in [7, 11) is 0. The Kier molecular flexibility index (Phi) is 3.00. The van der Waals surface area contributed by atoms with Crippen LogP contribution in [0.1, 0.15) is 25.7 Å². The molecule has 1 aliphatic carbocycles. The van der Waals surface area contributed by atoms with Crippen LogP contribution >= 0.6 is 15.9 Å². The maximum Gasteiger partial charge on any atom is 0.324 e. The molecule has 0 aromatic carbocycles.